The molecule has 4 rings (SSSR count). The zero-order chi connectivity index (χ0) is 30.5. The first-order chi connectivity index (χ1) is 19.8. The molecule has 0 bridgehead atoms. The van der Waals surface area contributed by atoms with E-state index in [0.29, 0.717) is 6.54 Å². The van der Waals surface area contributed by atoms with Crippen LogP contribution in [0.15, 0.2) is 82.6 Å². The van der Waals surface area contributed by atoms with Crippen molar-refractivity contribution in [3.63, 3.8) is 0 Å². The van der Waals surface area contributed by atoms with Crippen LogP contribution in [0.25, 0.3) is 0 Å². The van der Waals surface area contributed by atoms with Gasteiger partial charge < -0.3 is 9.80 Å². The Hall–Kier alpha value is -3.08. The molecule has 1 aliphatic heterocycles. The van der Waals surface area contributed by atoms with Gasteiger partial charge in [0.1, 0.15) is 5.82 Å². The van der Waals surface area contributed by atoms with Crippen LogP contribution in [0, 0.1) is 5.82 Å². The second-order valence-corrected chi connectivity index (χ2v) is 15.1. The minimum atomic E-state index is -3.30. The van der Waals surface area contributed by atoms with E-state index >= 15 is 0 Å². The summed E-state index contributed by atoms with van der Waals surface area (Å²) in [5.74, 6) is -0.273. The van der Waals surface area contributed by atoms with Gasteiger partial charge in [-0.3, -0.25) is 4.79 Å². The van der Waals surface area contributed by atoms with Crippen LogP contribution in [0.5, 0.6) is 0 Å². The number of carbonyl (C=O) groups is 1. The maximum absolute atomic E-state index is 13.7. The molecule has 1 heterocycles. The number of amides is 1. The first kappa shape index (κ1) is 31.8. The summed E-state index contributed by atoms with van der Waals surface area (Å²) in [4.78, 5) is 18.0. The van der Waals surface area contributed by atoms with Gasteiger partial charge in [-0.1, -0.05) is 36.4 Å². The minimum absolute atomic E-state index is 0.0141. The van der Waals surface area contributed by atoms with Gasteiger partial charge in [-0.25, -0.2) is 21.2 Å². The van der Waals surface area contributed by atoms with Crippen molar-refractivity contribution < 1.29 is 26.0 Å². The highest BCUT2D eigenvalue weighted by Gasteiger charge is 2.28. The van der Waals surface area contributed by atoms with Crippen molar-refractivity contribution in [2.45, 2.75) is 54.4 Å². The van der Waals surface area contributed by atoms with Crippen LogP contribution in [0.4, 0.5) is 4.39 Å². The fourth-order valence-electron chi connectivity index (χ4n) is 5.70. The molecule has 1 atom stereocenters. The smallest absolute Gasteiger partial charge is 0.227 e. The van der Waals surface area contributed by atoms with Crippen LogP contribution in [0.2, 0.25) is 0 Å². The van der Waals surface area contributed by atoms with Gasteiger partial charge in [-0.05, 0) is 85.8 Å². The Morgan fingerprint density at radius 2 is 1.31 bits per heavy atom. The van der Waals surface area contributed by atoms with E-state index in [-0.39, 0.29) is 39.9 Å². The minimum Gasteiger partial charge on any atom is -0.340 e. The molecule has 3 aromatic rings. The number of likely N-dealkylation sites (tertiary alicyclic amines) is 1. The van der Waals surface area contributed by atoms with E-state index < -0.39 is 19.7 Å². The van der Waals surface area contributed by atoms with Crippen molar-refractivity contribution in [3.8, 4) is 0 Å². The van der Waals surface area contributed by atoms with E-state index in [2.05, 4.69) is 4.90 Å². The van der Waals surface area contributed by atoms with Crippen molar-refractivity contribution in [1.82, 2.24) is 9.80 Å². The highest BCUT2D eigenvalue weighted by atomic mass is 32.2. The van der Waals surface area contributed by atoms with Crippen LogP contribution < -0.4 is 0 Å². The summed E-state index contributed by atoms with van der Waals surface area (Å²) in [6.07, 6.45) is 5.09. The van der Waals surface area contributed by atoms with Crippen LogP contribution in [-0.2, 0) is 30.9 Å². The number of hydrogen-bond acceptors (Lipinski definition) is 6. The van der Waals surface area contributed by atoms with Crippen molar-refractivity contribution in [3.05, 3.63) is 95.3 Å². The molecule has 1 aliphatic rings. The standard InChI is InChI=1S/C32H39FN2O5S2/c1-4-35(32(36)23-24-5-13-29(14-6-24)41(2,37)38)28-17-20-34(21-18-28)22-19-31(25-7-11-27(33)12-8-25)26-9-15-30(16-10-26)42(3,39)40/h5-16,28,31H,4,17-23H2,1-3H3. The van der Waals surface area contributed by atoms with E-state index in [1.807, 2.05) is 24.0 Å². The molecule has 42 heavy (non-hydrogen) atoms. The quantitative estimate of drug-likeness (QED) is 0.311. The molecule has 0 saturated carbocycles. The average molecular weight is 615 g/mol. The Kier molecular flexibility index (Phi) is 10.2. The average Bonchev–Trinajstić information content (AvgIpc) is 2.95. The van der Waals surface area contributed by atoms with Crippen molar-refractivity contribution in [2.24, 2.45) is 0 Å². The molecular formula is C32H39FN2O5S2. The molecule has 0 aromatic heterocycles. The highest BCUT2D eigenvalue weighted by Crippen LogP contribution is 2.30. The molecule has 10 heteroatoms. The summed E-state index contributed by atoms with van der Waals surface area (Å²) in [5.41, 5.74) is 2.75. The SMILES string of the molecule is CCN(C(=O)Cc1ccc(S(C)(=O)=O)cc1)C1CCN(CCC(c2ccc(F)cc2)c2ccc(S(C)(=O)=O)cc2)CC1. The molecule has 0 N–H and O–H groups in total. The summed E-state index contributed by atoms with van der Waals surface area (Å²) < 4.78 is 61.0. The molecule has 1 unspecified atom stereocenters. The van der Waals surface area contributed by atoms with E-state index in [4.69, 9.17) is 0 Å². The highest BCUT2D eigenvalue weighted by molar-refractivity contribution is 7.91. The topological polar surface area (TPSA) is 91.8 Å². The Balaban J connectivity index is 1.36. The van der Waals surface area contributed by atoms with Gasteiger partial charge in [-0.2, -0.15) is 0 Å². The first-order valence-corrected chi connectivity index (χ1v) is 18.0. The third-order valence-electron chi connectivity index (χ3n) is 8.08. The number of rotatable bonds is 11. The zero-order valence-electron chi connectivity index (χ0n) is 24.4. The van der Waals surface area contributed by atoms with Crippen molar-refractivity contribution in [1.29, 1.82) is 0 Å². The lowest BCUT2D eigenvalue weighted by molar-refractivity contribution is -0.133. The van der Waals surface area contributed by atoms with Gasteiger partial charge in [0.2, 0.25) is 5.91 Å². The van der Waals surface area contributed by atoms with Crippen LogP contribution >= 0.6 is 0 Å². The monoisotopic (exact) mass is 614 g/mol. The largest absolute Gasteiger partial charge is 0.340 e. The van der Waals surface area contributed by atoms with Crippen LogP contribution in [0.3, 0.4) is 0 Å². The lowest BCUT2D eigenvalue weighted by Crippen LogP contribution is -2.48. The molecule has 3 aromatic carbocycles. The van der Waals surface area contributed by atoms with Gasteiger partial charge in [0.15, 0.2) is 19.7 Å². The summed E-state index contributed by atoms with van der Waals surface area (Å²) in [7, 11) is -6.58. The van der Waals surface area contributed by atoms with Crippen LogP contribution in [-0.4, -0.2) is 77.3 Å². The molecule has 226 valence electrons. The Bertz CT molecular complexity index is 1570. The molecule has 1 saturated heterocycles. The fourth-order valence-corrected chi connectivity index (χ4v) is 6.96. The van der Waals surface area contributed by atoms with Gasteiger partial charge in [0.25, 0.3) is 0 Å². The molecule has 0 radical (unpaired) electrons. The Labute approximate surface area is 249 Å². The number of benzene rings is 3. The third-order valence-corrected chi connectivity index (χ3v) is 10.3. The molecule has 0 aliphatic carbocycles. The fraction of sp³-hybridized carbons (Fsp3) is 0.406. The van der Waals surface area contributed by atoms with Gasteiger partial charge in [0.05, 0.1) is 16.2 Å². The van der Waals surface area contributed by atoms with E-state index in [1.54, 1.807) is 48.5 Å². The number of sulfone groups is 2. The van der Waals surface area contributed by atoms with E-state index in [9.17, 15) is 26.0 Å². The predicted molar refractivity (Wildman–Crippen MR) is 163 cm³/mol. The van der Waals surface area contributed by atoms with Gasteiger partial charge in [-0.15, -0.1) is 0 Å². The summed E-state index contributed by atoms with van der Waals surface area (Å²) in [6.45, 7) is 5.11. The summed E-state index contributed by atoms with van der Waals surface area (Å²) in [6, 6.07) is 20.1. The second kappa shape index (κ2) is 13.5. The lowest BCUT2D eigenvalue weighted by Gasteiger charge is -2.38. The van der Waals surface area contributed by atoms with Gasteiger partial charge in [0, 0.05) is 44.1 Å². The molecule has 1 fully saturated rings. The van der Waals surface area contributed by atoms with Crippen molar-refractivity contribution in [2.75, 3.05) is 38.7 Å². The predicted octanol–water partition coefficient (Wildman–Crippen LogP) is 4.71. The number of likely N-dealkylation sites (N-methyl/N-ethyl adjacent to an activating group) is 1. The maximum Gasteiger partial charge on any atom is 0.227 e. The number of nitrogens with zero attached hydrogens (tertiary/aromatic N) is 2. The molecule has 7 nitrogen and oxygen atoms in total. The molecule has 1 amide bonds. The third kappa shape index (κ3) is 8.26. The van der Waals surface area contributed by atoms with E-state index in [1.165, 1.54) is 24.6 Å². The van der Waals surface area contributed by atoms with Crippen molar-refractivity contribution >= 4 is 25.6 Å². The number of halogens is 1. The number of carbonyl (C=O) groups excluding carboxylic acids is 1. The summed E-state index contributed by atoms with van der Waals surface area (Å²) in [5, 5.41) is 0. The number of hydrogen-bond donors (Lipinski definition) is 0. The molecule has 0 spiro atoms. The number of piperidine rings is 1. The lowest BCUT2D eigenvalue weighted by atomic mass is 9.88. The summed E-state index contributed by atoms with van der Waals surface area (Å²) >= 11 is 0. The van der Waals surface area contributed by atoms with Crippen LogP contribution in [0.1, 0.15) is 48.8 Å². The normalized spacial score (nSPS) is 15.8. The Morgan fingerprint density at radius 1 is 0.833 bits per heavy atom. The second-order valence-electron chi connectivity index (χ2n) is 11.1. The first-order valence-electron chi connectivity index (χ1n) is 14.2. The van der Waals surface area contributed by atoms with Gasteiger partial charge >= 0.3 is 0 Å². The maximum atomic E-state index is 13.7. The van der Waals surface area contributed by atoms with E-state index in [0.717, 1.165) is 55.6 Å². The zero-order valence-corrected chi connectivity index (χ0v) is 26.0. The Morgan fingerprint density at radius 3 is 1.79 bits per heavy atom. The molecular weight excluding hydrogens is 575 g/mol.